The highest BCUT2D eigenvalue weighted by atomic mass is 19.1. The monoisotopic (exact) mass is 342 g/mol. The first-order valence-electron chi connectivity index (χ1n) is 7.54. The van der Waals surface area contributed by atoms with Gasteiger partial charge in [0.1, 0.15) is 12.2 Å². The van der Waals surface area contributed by atoms with Crippen LogP contribution in [0.15, 0.2) is 47.6 Å². The molecule has 7 nitrogen and oxygen atoms in total. The van der Waals surface area contributed by atoms with E-state index in [-0.39, 0.29) is 11.4 Å². The number of nitro benzene ring substituents is 1. The Bertz CT molecular complexity index is 856. The molecule has 0 radical (unpaired) electrons. The summed E-state index contributed by atoms with van der Waals surface area (Å²) in [5.74, 6) is -0.473. The lowest BCUT2D eigenvalue weighted by Gasteiger charge is -2.26. The summed E-state index contributed by atoms with van der Waals surface area (Å²) in [6, 6.07) is 10.8. The van der Waals surface area contributed by atoms with Gasteiger partial charge in [-0.2, -0.15) is 5.10 Å². The summed E-state index contributed by atoms with van der Waals surface area (Å²) in [5.41, 5.74) is 1.57. The van der Waals surface area contributed by atoms with Crippen molar-refractivity contribution in [3.63, 3.8) is 0 Å². The number of anilines is 1. The molecule has 1 atom stereocenters. The number of hydrogen-bond donors (Lipinski definition) is 0. The van der Waals surface area contributed by atoms with Crippen LogP contribution in [-0.4, -0.2) is 28.6 Å². The molecule has 1 heterocycles. The Balaban J connectivity index is 1.81. The van der Waals surface area contributed by atoms with Gasteiger partial charge in [-0.1, -0.05) is 18.2 Å². The number of rotatable bonds is 5. The van der Waals surface area contributed by atoms with Gasteiger partial charge in [-0.05, 0) is 30.7 Å². The minimum Gasteiger partial charge on any atom is -0.329 e. The summed E-state index contributed by atoms with van der Waals surface area (Å²) in [6.45, 7) is 1.97. The number of benzene rings is 2. The Labute approximate surface area is 143 Å². The van der Waals surface area contributed by atoms with Gasteiger partial charge in [-0.25, -0.2) is 9.40 Å². The molecule has 1 aliphatic rings. The van der Waals surface area contributed by atoms with Crippen LogP contribution in [0.4, 0.5) is 15.8 Å². The van der Waals surface area contributed by atoms with E-state index in [9.17, 15) is 19.3 Å². The van der Waals surface area contributed by atoms with Crippen molar-refractivity contribution < 1.29 is 14.1 Å². The van der Waals surface area contributed by atoms with Crippen LogP contribution in [0.2, 0.25) is 0 Å². The molecule has 2 aromatic carbocycles. The van der Waals surface area contributed by atoms with Crippen molar-refractivity contribution in [3.8, 4) is 0 Å². The largest absolute Gasteiger partial charge is 0.329 e. The van der Waals surface area contributed by atoms with Crippen molar-refractivity contribution in [3.05, 3.63) is 69.5 Å². The molecule has 8 heteroatoms. The first-order valence-corrected chi connectivity index (χ1v) is 7.54. The van der Waals surface area contributed by atoms with Gasteiger partial charge in [0.2, 0.25) is 0 Å². The molecule has 0 spiro atoms. The molecule has 1 unspecified atom stereocenters. The van der Waals surface area contributed by atoms with Gasteiger partial charge in [0.05, 0.1) is 10.6 Å². The molecular formula is C17H15FN4O3. The lowest BCUT2D eigenvalue weighted by atomic mass is 10.1. The first kappa shape index (κ1) is 16.6. The van der Waals surface area contributed by atoms with Gasteiger partial charge in [0.25, 0.3) is 5.69 Å². The van der Waals surface area contributed by atoms with Crippen LogP contribution in [0.3, 0.4) is 0 Å². The topological polar surface area (TPSA) is 79.0 Å². The summed E-state index contributed by atoms with van der Waals surface area (Å²) >= 11 is 0. The Morgan fingerprint density at radius 1 is 1.32 bits per heavy atom. The zero-order valence-electron chi connectivity index (χ0n) is 13.4. The predicted octanol–water partition coefficient (Wildman–Crippen LogP) is 2.83. The second-order valence-corrected chi connectivity index (χ2v) is 5.63. The number of para-hydroxylation sites is 1. The van der Waals surface area contributed by atoms with Gasteiger partial charge in [-0.15, -0.1) is 0 Å². The van der Waals surface area contributed by atoms with E-state index in [4.69, 9.17) is 0 Å². The molecule has 128 valence electrons. The van der Waals surface area contributed by atoms with Gasteiger partial charge >= 0.3 is 0 Å². The molecule has 0 amide bonds. The highest BCUT2D eigenvalue weighted by Gasteiger charge is 2.30. The second-order valence-electron chi connectivity index (χ2n) is 5.63. The molecule has 25 heavy (non-hydrogen) atoms. The number of hydrazone groups is 1. The second kappa shape index (κ2) is 6.68. The van der Waals surface area contributed by atoms with Crippen molar-refractivity contribution in [2.75, 3.05) is 5.01 Å². The van der Waals surface area contributed by atoms with Crippen molar-refractivity contribution in [2.24, 2.45) is 5.10 Å². The van der Waals surface area contributed by atoms with Crippen LogP contribution >= 0.6 is 0 Å². The predicted molar refractivity (Wildman–Crippen MR) is 90.6 cm³/mol. The third-order valence-corrected chi connectivity index (χ3v) is 3.96. The van der Waals surface area contributed by atoms with Crippen molar-refractivity contribution in [1.29, 1.82) is 0 Å². The van der Waals surface area contributed by atoms with Crippen LogP contribution in [-0.2, 0) is 11.3 Å². The van der Waals surface area contributed by atoms with E-state index in [1.54, 1.807) is 42.2 Å². The van der Waals surface area contributed by atoms with E-state index in [1.165, 1.54) is 23.5 Å². The fraction of sp³-hybridized carbons (Fsp3) is 0.176. The smallest absolute Gasteiger partial charge is 0.272 e. The highest BCUT2D eigenvalue weighted by molar-refractivity contribution is 5.76. The summed E-state index contributed by atoms with van der Waals surface area (Å²) in [5, 5.41) is 16.3. The molecular weight excluding hydrogens is 327 g/mol. The Kier molecular flexibility index (Phi) is 4.42. The average Bonchev–Trinajstić information content (AvgIpc) is 2.97. The molecule has 3 rings (SSSR count). The van der Waals surface area contributed by atoms with Crippen LogP contribution < -0.4 is 5.01 Å². The normalized spacial score (nSPS) is 16.3. The van der Waals surface area contributed by atoms with Crippen LogP contribution in [0.1, 0.15) is 11.1 Å². The number of aryl methyl sites for hydroxylation is 1. The lowest BCUT2D eigenvalue weighted by Crippen LogP contribution is -2.41. The van der Waals surface area contributed by atoms with E-state index in [0.717, 1.165) is 5.56 Å². The Morgan fingerprint density at radius 3 is 2.72 bits per heavy atom. The van der Waals surface area contributed by atoms with Crippen LogP contribution in [0, 0.1) is 22.9 Å². The van der Waals surface area contributed by atoms with Crippen molar-refractivity contribution in [2.45, 2.75) is 19.6 Å². The Hall–Kier alpha value is -3.29. The van der Waals surface area contributed by atoms with E-state index in [2.05, 4.69) is 5.10 Å². The minimum absolute atomic E-state index is 0.0405. The molecule has 0 bridgehead atoms. The molecule has 2 aromatic rings. The molecule has 0 fully saturated rings. The molecule has 0 aliphatic carbocycles. The molecule has 1 aliphatic heterocycles. The van der Waals surface area contributed by atoms with Gasteiger partial charge in [-0.3, -0.25) is 14.9 Å². The molecule has 0 aromatic heterocycles. The lowest BCUT2D eigenvalue weighted by molar-refractivity contribution is -0.385. The average molecular weight is 342 g/mol. The minimum atomic E-state index is -0.785. The summed E-state index contributed by atoms with van der Waals surface area (Å²) in [7, 11) is 0. The van der Waals surface area contributed by atoms with Crippen molar-refractivity contribution in [1.82, 2.24) is 4.90 Å². The summed E-state index contributed by atoms with van der Waals surface area (Å²) < 4.78 is 14.0. The number of nitro groups is 1. The molecule has 0 saturated carbocycles. The zero-order chi connectivity index (χ0) is 18.0. The number of hydrogen-bond acceptors (Lipinski definition) is 6. The van der Waals surface area contributed by atoms with Crippen molar-refractivity contribution >= 4 is 24.0 Å². The molecule has 0 N–H and O–H groups in total. The first-order chi connectivity index (χ1) is 12.0. The number of nitrogens with zero attached hydrogens (tertiary/aromatic N) is 4. The standard InChI is InChI=1S/C17H15FN4O3/c1-12-8-13(6-7-15(12)22(24)25)9-20-11-19-21(17(20)10-23)16-5-3-2-4-14(16)18/h2-8,10-11,17H,9H2,1H3. The maximum Gasteiger partial charge on any atom is 0.272 e. The van der Waals surface area contributed by atoms with E-state index >= 15 is 0 Å². The van der Waals surface area contributed by atoms with Gasteiger partial charge < -0.3 is 4.90 Å². The van der Waals surface area contributed by atoms with Crippen LogP contribution in [0.25, 0.3) is 0 Å². The van der Waals surface area contributed by atoms with Gasteiger partial charge in [0.15, 0.2) is 12.5 Å². The zero-order valence-corrected chi connectivity index (χ0v) is 13.4. The highest BCUT2D eigenvalue weighted by Crippen LogP contribution is 2.26. The van der Waals surface area contributed by atoms with E-state index in [1.807, 2.05) is 0 Å². The SMILES string of the molecule is Cc1cc(CN2C=NN(c3ccccc3F)C2C=O)ccc1[N+](=O)[O-]. The third-order valence-electron chi connectivity index (χ3n) is 3.96. The Morgan fingerprint density at radius 2 is 2.08 bits per heavy atom. The summed E-state index contributed by atoms with van der Waals surface area (Å²) in [6.07, 6.45) is 1.35. The van der Waals surface area contributed by atoms with Crippen LogP contribution in [0.5, 0.6) is 0 Å². The quantitative estimate of drug-likeness (QED) is 0.474. The number of halogens is 1. The van der Waals surface area contributed by atoms with Gasteiger partial charge in [0, 0.05) is 18.2 Å². The molecule has 0 saturated heterocycles. The maximum absolute atomic E-state index is 14.0. The number of carbonyl (C=O) groups excluding carboxylic acids is 1. The van der Waals surface area contributed by atoms with E-state index in [0.29, 0.717) is 18.4 Å². The summed E-state index contributed by atoms with van der Waals surface area (Å²) in [4.78, 5) is 23.6. The van der Waals surface area contributed by atoms with E-state index < -0.39 is 16.9 Å². The number of aldehydes is 1. The number of carbonyl (C=O) groups is 1. The fourth-order valence-electron chi connectivity index (χ4n) is 2.74. The maximum atomic E-state index is 14.0. The fourth-order valence-corrected chi connectivity index (χ4v) is 2.74. The third kappa shape index (κ3) is 3.18.